The lowest BCUT2D eigenvalue weighted by Gasteiger charge is -2.12. The zero-order valence-electron chi connectivity index (χ0n) is 7.76. The first-order chi connectivity index (χ1) is 6.81. The van der Waals surface area contributed by atoms with Gasteiger partial charge >= 0.3 is 0 Å². The van der Waals surface area contributed by atoms with E-state index in [0.29, 0.717) is 11.6 Å². The number of halogens is 1. The summed E-state index contributed by atoms with van der Waals surface area (Å²) in [5.74, 6) is 0. The van der Waals surface area contributed by atoms with Gasteiger partial charge in [0.15, 0.2) is 0 Å². The molecule has 0 aliphatic carbocycles. The molecule has 0 radical (unpaired) electrons. The van der Waals surface area contributed by atoms with Crippen LogP contribution in [0.4, 0.5) is 0 Å². The maximum Gasteiger partial charge on any atom is 0.0991 e. The van der Waals surface area contributed by atoms with E-state index in [-0.39, 0.29) is 0 Å². The molecule has 14 heavy (non-hydrogen) atoms. The molecule has 1 heterocycles. The number of hydrogen-bond acceptors (Lipinski definition) is 2. The Bertz CT molecular complexity index is 375. The molecule has 0 amide bonds. The van der Waals surface area contributed by atoms with Gasteiger partial charge in [-0.3, -0.25) is 0 Å². The van der Waals surface area contributed by atoms with Crippen molar-refractivity contribution in [3.63, 3.8) is 0 Å². The fourth-order valence-corrected chi connectivity index (χ4v) is 2.08. The Morgan fingerprint density at radius 2 is 2.36 bits per heavy atom. The van der Waals surface area contributed by atoms with Crippen LogP contribution in [0.25, 0.3) is 0 Å². The molecule has 2 nitrogen and oxygen atoms in total. The highest BCUT2D eigenvalue weighted by atomic mass is 35.5. The first-order valence-electron chi connectivity index (χ1n) is 4.74. The van der Waals surface area contributed by atoms with E-state index in [1.54, 1.807) is 12.1 Å². The van der Waals surface area contributed by atoms with E-state index in [4.69, 9.17) is 16.9 Å². The van der Waals surface area contributed by atoms with Crippen LogP contribution in [0, 0.1) is 11.3 Å². The van der Waals surface area contributed by atoms with Gasteiger partial charge in [-0.05, 0) is 43.1 Å². The minimum atomic E-state index is 0.329. The summed E-state index contributed by atoms with van der Waals surface area (Å²) in [5, 5.41) is 12.9. The molecule has 0 aromatic heterocycles. The van der Waals surface area contributed by atoms with Gasteiger partial charge in [-0.2, -0.15) is 5.26 Å². The molecule has 2 rings (SSSR count). The van der Waals surface area contributed by atoms with Crippen LogP contribution >= 0.6 is 11.6 Å². The lowest BCUT2D eigenvalue weighted by molar-refractivity contribution is 0.648. The molecule has 1 atom stereocenters. The van der Waals surface area contributed by atoms with Gasteiger partial charge in [0.2, 0.25) is 0 Å². The predicted octanol–water partition coefficient (Wildman–Crippen LogP) is 2.64. The van der Waals surface area contributed by atoms with Crippen LogP contribution in [0.5, 0.6) is 0 Å². The van der Waals surface area contributed by atoms with Gasteiger partial charge in [0.25, 0.3) is 0 Å². The van der Waals surface area contributed by atoms with Crippen molar-refractivity contribution in [1.82, 2.24) is 5.32 Å². The van der Waals surface area contributed by atoms with Crippen molar-refractivity contribution in [2.75, 3.05) is 6.54 Å². The van der Waals surface area contributed by atoms with Crippen LogP contribution in [0.3, 0.4) is 0 Å². The normalized spacial score (nSPS) is 20.7. The highest BCUT2D eigenvalue weighted by Gasteiger charge is 2.18. The first kappa shape index (κ1) is 9.51. The third kappa shape index (κ3) is 1.75. The Morgan fingerprint density at radius 3 is 3.00 bits per heavy atom. The third-order valence-electron chi connectivity index (χ3n) is 2.56. The molecule has 1 N–H and O–H groups in total. The second-order valence-electron chi connectivity index (χ2n) is 3.50. The molecule has 1 aliphatic rings. The van der Waals surface area contributed by atoms with Gasteiger partial charge in [-0.25, -0.2) is 0 Å². The molecule has 1 saturated heterocycles. The maximum absolute atomic E-state index is 8.78. The van der Waals surface area contributed by atoms with Crippen molar-refractivity contribution in [2.45, 2.75) is 18.9 Å². The second kappa shape index (κ2) is 4.00. The monoisotopic (exact) mass is 206 g/mol. The Hall–Kier alpha value is -1.04. The Morgan fingerprint density at radius 1 is 1.50 bits per heavy atom. The van der Waals surface area contributed by atoms with Crippen molar-refractivity contribution >= 4 is 11.6 Å². The largest absolute Gasteiger partial charge is 0.310 e. The third-order valence-corrected chi connectivity index (χ3v) is 2.91. The molecular formula is C11H11ClN2. The molecular weight excluding hydrogens is 196 g/mol. The van der Waals surface area contributed by atoms with Gasteiger partial charge in [-0.1, -0.05) is 11.6 Å². The van der Waals surface area contributed by atoms with Gasteiger partial charge < -0.3 is 5.32 Å². The molecule has 1 aliphatic heterocycles. The van der Waals surface area contributed by atoms with Crippen LogP contribution in [0.15, 0.2) is 18.2 Å². The lowest BCUT2D eigenvalue weighted by Crippen LogP contribution is -2.13. The van der Waals surface area contributed by atoms with E-state index in [9.17, 15) is 0 Å². The first-order valence-corrected chi connectivity index (χ1v) is 5.12. The van der Waals surface area contributed by atoms with Crippen molar-refractivity contribution < 1.29 is 0 Å². The number of nitrogens with zero attached hydrogens (tertiary/aromatic N) is 1. The molecule has 3 heteroatoms. The minimum absolute atomic E-state index is 0.329. The average Bonchev–Trinajstić information content (AvgIpc) is 2.71. The lowest BCUT2D eigenvalue weighted by atomic mass is 10.0. The number of nitrogens with one attached hydrogen (secondary N) is 1. The van der Waals surface area contributed by atoms with E-state index in [1.807, 2.05) is 6.07 Å². The molecule has 72 valence electrons. The number of rotatable bonds is 1. The van der Waals surface area contributed by atoms with Crippen molar-refractivity contribution in [2.24, 2.45) is 0 Å². The van der Waals surface area contributed by atoms with Crippen LogP contribution in [0.2, 0.25) is 5.02 Å². The van der Waals surface area contributed by atoms with Crippen LogP contribution in [-0.4, -0.2) is 6.54 Å². The van der Waals surface area contributed by atoms with E-state index in [2.05, 4.69) is 11.4 Å². The molecule has 0 saturated carbocycles. The molecule has 0 spiro atoms. The smallest absolute Gasteiger partial charge is 0.0991 e. The van der Waals surface area contributed by atoms with Crippen molar-refractivity contribution in [3.05, 3.63) is 34.3 Å². The van der Waals surface area contributed by atoms with Crippen molar-refractivity contribution in [3.8, 4) is 6.07 Å². The molecule has 1 aromatic rings. The Labute approximate surface area is 88.5 Å². The van der Waals surface area contributed by atoms with Gasteiger partial charge in [0.1, 0.15) is 0 Å². The fourth-order valence-electron chi connectivity index (χ4n) is 1.83. The van der Waals surface area contributed by atoms with Gasteiger partial charge in [0, 0.05) is 11.1 Å². The molecule has 0 bridgehead atoms. The average molecular weight is 207 g/mol. The minimum Gasteiger partial charge on any atom is -0.310 e. The van der Waals surface area contributed by atoms with E-state index >= 15 is 0 Å². The molecule has 1 fully saturated rings. The zero-order valence-corrected chi connectivity index (χ0v) is 8.51. The fraction of sp³-hybridized carbons (Fsp3) is 0.364. The SMILES string of the molecule is N#Cc1ccc(Cl)c([C@H]2CCCN2)c1. The van der Waals surface area contributed by atoms with Gasteiger partial charge in [-0.15, -0.1) is 0 Å². The zero-order chi connectivity index (χ0) is 9.97. The summed E-state index contributed by atoms with van der Waals surface area (Å²) in [6, 6.07) is 7.89. The summed E-state index contributed by atoms with van der Waals surface area (Å²) >= 11 is 6.08. The van der Waals surface area contributed by atoms with E-state index in [1.165, 1.54) is 6.42 Å². The topological polar surface area (TPSA) is 35.8 Å². The van der Waals surface area contributed by atoms with Gasteiger partial charge in [0.05, 0.1) is 11.6 Å². The van der Waals surface area contributed by atoms with Crippen LogP contribution in [-0.2, 0) is 0 Å². The quantitative estimate of drug-likeness (QED) is 0.767. The Balaban J connectivity index is 2.35. The maximum atomic E-state index is 8.78. The summed E-state index contributed by atoms with van der Waals surface area (Å²) < 4.78 is 0. The number of nitriles is 1. The highest BCUT2D eigenvalue weighted by Crippen LogP contribution is 2.29. The summed E-state index contributed by atoms with van der Waals surface area (Å²) in [4.78, 5) is 0. The number of hydrogen-bond donors (Lipinski definition) is 1. The summed E-state index contributed by atoms with van der Waals surface area (Å²) in [5.41, 5.74) is 1.74. The molecule has 1 aromatic carbocycles. The van der Waals surface area contributed by atoms with Crippen LogP contribution in [0.1, 0.15) is 30.0 Å². The van der Waals surface area contributed by atoms with E-state index < -0.39 is 0 Å². The van der Waals surface area contributed by atoms with E-state index in [0.717, 1.165) is 23.6 Å². The Kier molecular flexibility index (Phi) is 2.72. The second-order valence-corrected chi connectivity index (χ2v) is 3.90. The standard InChI is InChI=1S/C11H11ClN2/c12-10-4-3-8(7-13)6-9(10)11-2-1-5-14-11/h3-4,6,11,14H,1-2,5H2/t11-/m1/s1. The predicted molar refractivity (Wildman–Crippen MR) is 56.1 cm³/mol. The summed E-state index contributed by atoms with van der Waals surface area (Å²) in [6.07, 6.45) is 2.28. The van der Waals surface area contributed by atoms with Crippen molar-refractivity contribution in [1.29, 1.82) is 5.26 Å². The van der Waals surface area contributed by atoms with Crippen LogP contribution < -0.4 is 5.32 Å². The number of benzene rings is 1. The summed E-state index contributed by atoms with van der Waals surface area (Å²) in [7, 11) is 0. The molecule has 0 unspecified atom stereocenters. The summed E-state index contributed by atoms with van der Waals surface area (Å²) in [6.45, 7) is 1.04. The highest BCUT2D eigenvalue weighted by molar-refractivity contribution is 6.31.